The summed E-state index contributed by atoms with van der Waals surface area (Å²) in [5, 5.41) is 2.79. The average Bonchev–Trinajstić information content (AvgIpc) is 2.84. The Hall–Kier alpha value is -2.49. The van der Waals surface area contributed by atoms with Gasteiger partial charge in [0.05, 0.1) is 30.5 Å². The van der Waals surface area contributed by atoms with Crippen LogP contribution in [0.15, 0.2) is 41.3 Å². The van der Waals surface area contributed by atoms with E-state index in [9.17, 15) is 18.0 Å². The number of anilines is 1. The zero-order valence-electron chi connectivity index (χ0n) is 14.7. The maximum atomic E-state index is 12.5. The van der Waals surface area contributed by atoms with Crippen LogP contribution < -0.4 is 27.2 Å². The molecule has 28 heavy (non-hydrogen) atoms. The SMILES string of the molecule is COc1cc(NC(=O)CN2C(=O)c3ccccc3S2(=O)=O)c(OC)cc1Cl.[Cl-]. The van der Waals surface area contributed by atoms with Crippen molar-refractivity contribution in [2.45, 2.75) is 4.90 Å². The number of carbonyl (C=O) groups is 2. The lowest BCUT2D eigenvalue weighted by atomic mass is 10.2. The number of rotatable bonds is 5. The van der Waals surface area contributed by atoms with E-state index < -0.39 is 28.4 Å². The number of ether oxygens (including phenoxy) is 2. The Morgan fingerprint density at radius 1 is 1.14 bits per heavy atom. The molecule has 0 radical (unpaired) electrons. The quantitative estimate of drug-likeness (QED) is 0.642. The highest BCUT2D eigenvalue weighted by Crippen LogP contribution is 2.36. The third-order valence-corrected chi connectivity index (χ3v) is 6.03. The summed E-state index contributed by atoms with van der Waals surface area (Å²) in [7, 11) is -1.28. The number of nitrogens with zero attached hydrogens (tertiary/aromatic N) is 1. The number of carbonyl (C=O) groups excluding carboxylic acids is 2. The zero-order valence-corrected chi connectivity index (χ0v) is 17.1. The summed E-state index contributed by atoms with van der Waals surface area (Å²) in [6, 6.07) is 8.68. The van der Waals surface area contributed by atoms with E-state index in [4.69, 9.17) is 21.1 Å². The number of methoxy groups -OCH3 is 2. The number of hydrogen-bond donors (Lipinski definition) is 1. The molecule has 0 saturated carbocycles. The summed E-state index contributed by atoms with van der Waals surface area (Å²) in [6.07, 6.45) is 0. The molecule has 8 nitrogen and oxygen atoms in total. The second-order valence-electron chi connectivity index (χ2n) is 5.55. The standard InChI is InChI=1S/C17H15ClN2O6S.ClH/c1-25-13-8-12(14(26-2)7-11(13)18)19-16(21)9-20-17(22)10-5-3-4-6-15(10)27(20,23)24;/h3-8H,9H2,1-2H3,(H,19,21);1H/p-1. The highest BCUT2D eigenvalue weighted by molar-refractivity contribution is 7.90. The molecule has 0 aromatic heterocycles. The Labute approximate surface area is 172 Å². The first-order valence-electron chi connectivity index (χ1n) is 7.67. The third-order valence-electron chi connectivity index (χ3n) is 3.95. The Bertz CT molecular complexity index is 1040. The maximum absolute atomic E-state index is 12.5. The predicted molar refractivity (Wildman–Crippen MR) is 97.9 cm³/mol. The minimum absolute atomic E-state index is 0. The summed E-state index contributed by atoms with van der Waals surface area (Å²) in [6.45, 7) is -0.677. The van der Waals surface area contributed by atoms with Crippen molar-refractivity contribution < 1.29 is 39.9 Å². The summed E-state index contributed by atoms with van der Waals surface area (Å²) < 4.78 is 35.8. The second-order valence-corrected chi connectivity index (χ2v) is 7.79. The van der Waals surface area contributed by atoms with E-state index in [0.29, 0.717) is 10.1 Å². The van der Waals surface area contributed by atoms with Crippen LogP contribution in [0.3, 0.4) is 0 Å². The first kappa shape index (κ1) is 21.8. The van der Waals surface area contributed by atoms with Crippen LogP contribution in [0.2, 0.25) is 5.02 Å². The van der Waals surface area contributed by atoms with Gasteiger partial charge in [0.15, 0.2) is 0 Å². The van der Waals surface area contributed by atoms with Gasteiger partial charge in [0, 0.05) is 12.1 Å². The van der Waals surface area contributed by atoms with Gasteiger partial charge in [0.1, 0.15) is 22.9 Å². The van der Waals surface area contributed by atoms with E-state index in [0.717, 1.165) is 0 Å². The summed E-state index contributed by atoms with van der Waals surface area (Å²) in [5.41, 5.74) is 0.265. The fourth-order valence-corrected chi connectivity index (χ4v) is 4.42. The Morgan fingerprint density at radius 2 is 1.79 bits per heavy atom. The molecular weight excluding hydrogens is 431 g/mol. The fourth-order valence-electron chi connectivity index (χ4n) is 2.67. The van der Waals surface area contributed by atoms with Crippen LogP contribution in [0.4, 0.5) is 5.69 Å². The van der Waals surface area contributed by atoms with E-state index in [1.54, 1.807) is 6.07 Å². The smallest absolute Gasteiger partial charge is 0.269 e. The summed E-state index contributed by atoms with van der Waals surface area (Å²) in [5.74, 6) is -0.915. The van der Waals surface area contributed by atoms with Gasteiger partial charge < -0.3 is 27.2 Å². The van der Waals surface area contributed by atoms with Gasteiger partial charge in [0.2, 0.25) is 5.91 Å². The lowest BCUT2D eigenvalue weighted by molar-refractivity contribution is -0.116. The molecule has 1 aliphatic heterocycles. The molecule has 2 aromatic carbocycles. The molecule has 0 saturated heterocycles. The molecule has 2 amide bonds. The number of fused-ring (bicyclic) bond motifs is 1. The van der Waals surface area contributed by atoms with Gasteiger partial charge in [-0.2, -0.15) is 0 Å². The molecule has 0 unspecified atom stereocenters. The van der Waals surface area contributed by atoms with E-state index >= 15 is 0 Å². The average molecular weight is 446 g/mol. The second kappa shape index (κ2) is 8.26. The number of nitrogens with one attached hydrogen (secondary N) is 1. The van der Waals surface area contributed by atoms with Gasteiger partial charge in [-0.25, -0.2) is 12.7 Å². The number of sulfonamides is 1. The molecule has 0 fully saturated rings. The minimum Gasteiger partial charge on any atom is -1.00 e. The third kappa shape index (κ3) is 3.73. The zero-order chi connectivity index (χ0) is 19.8. The number of halogens is 2. The molecule has 2 aromatic rings. The van der Waals surface area contributed by atoms with Gasteiger partial charge in [-0.1, -0.05) is 23.7 Å². The monoisotopic (exact) mass is 445 g/mol. The van der Waals surface area contributed by atoms with Crippen LogP contribution in [-0.2, 0) is 14.8 Å². The Balaban J connectivity index is 0.00000280. The molecule has 11 heteroatoms. The molecule has 0 aliphatic carbocycles. The molecule has 1 heterocycles. The summed E-state index contributed by atoms with van der Waals surface area (Å²) >= 11 is 6.01. The predicted octanol–water partition coefficient (Wildman–Crippen LogP) is -0.856. The van der Waals surface area contributed by atoms with Crippen molar-refractivity contribution in [1.82, 2.24) is 4.31 Å². The molecule has 0 bridgehead atoms. The highest BCUT2D eigenvalue weighted by atomic mass is 35.5. The van der Waals surface area contributed by atoms with Crippen LogP contribution >= 0.6 is 11.6 Å². The van der Waals surface area contributed by atoms with Crippen LogP contribution in [0.5, 0.6) is 11.5 Å². The molecule has 1 N–H and O–H groups in total. The van der Waals surface area contributed by atoms with E-state index in [-0.39, 0.29) is 39.3 Å². The molecular formula is C17H15Cl2N2O6S-. The number of amides is 2. The Kier molecular flexibility index (Phi) is 6.43. The largest absolute Gasteiger partial charge is 1.00 e. The fraction of sp³-hybridized carbons (Fsp3) is 0.176. The van der Waals surface area contributed by atoms with E-state index in [2.05, 4.69) is 5.32 Å². The first-order valence-corrected chi connectivity index (χ1v) is 9.49. The van der Waals surface area contributed by atoms with Crippen molar-refractivity contribution in [2.75, 3.05) is 26.1 Å². The molecule has 0 spiro atoms. The van der Waals surface area contributed by atoms with Crippen LogP contribution in [0, 0.1) is 0 Å². The molecule has 3 rings (SSSR count). The first-order chi connectivity index (χ1) is 12.8. The van der Waals surface area contributed by atoms with Crippen LogP contribution in [0.1, 0.15) is 10.4 Å². The van der Waals surface area contributed by atoms with Crippen molar-refractivity contribution >= 4 is 39.1 Å². The highest BCUT2D eigenvalue weighted by Gasteiger charge is 2.41. The van der Waals surface area contributed by atoms with Gasteiger partial charge in [0.25, 0.3) is 15.9 Å². The van der Waals surface area contributed by atoms with Crippen molar-refractivity contribution in [1.29, 1.82) is 0 Å². The molecule has 0 atom stereocenters. The van der Waals surface area contributed by atoms with Crippen molar-refractivity contribution in [2.24, 2.45) is 0 Å². The summed E-state index contributed by atoms with van der Waals surface area (Å²) in [4.78, 5) is 24.7. The van der Waals surface area contributed by atoms with Crippen molar-refractivity contribution in [3.05, 3.63) is 47.0 Å². The van der Waals surface area contributed by atoms with Gasteiger partial charge >= 0.3 is 0 Å². The molecule has 1 aliphatic rings. The van der Waals surface area contributed by atoms with Gasteiger partial charge in [-0.05, 0) is 12.1 Å². The molecule has 150 valence electrons. The number of benzene rings is 2. The van der Waals surface area contributed by atoms with Crippen LogP contribution in [-0.4, -0.2) is 45.3 Å². The Morgan fingerprint density at radius 3 is 2.39 bits per heavy atom. The topological polar surface area (TPSA) is 102 Å². The van der Waals surface area contributed by atoms with Crippen molar-refractivity contribution in [3.8, 4) is 11.5 Å². The van der Waals surface area contributed by atoms with E-state index in [1.807, 2.05) is 0 Å². The maximum Gasteiger partial charge on any atom is 0.269 e. The minimum atomic E-state index is -4.07. The van der Waals surface area contributed by atoms with Crippen molar-refractivity contribution in [3.63, 3.8) is 0 Å². The normalized spacial score (nSPS) is 14.1. The number of hydrogen-bond acceptors (Lipinski definition) is 6. The lowest BCUT2D eigenvalue weighted by Gasteiger charge is -2.16. The van der Waals surface area contributed by atoms with Gasteiger partial charge in [-0.15, -0.1) is 0 Å². The van der Waals surface area contributed by atoms with Gasteiger partial charge in [-0.3, -0.25) is 9.59 Å². The van der Waals surface area contributed by atoms with E-state index in [1.165, 1.54) is 44.6 Å². The lowest BCUT2D eigenvalue weighted by Crippen LogP contribution is -3.00. The van der Waals surface area contributed by atoms with Crippen LogP contribution in [0.25, 0.3) is 0 Å².